The van der Waals surface area contributed by atoms with Gasteiger partial charge in [0.25, 0.3) is 0 Å². The molecule has 1 aromatic carbocycles. The number of ketones is 1. The van der Waals surface area contributed by atoms with Crippen molar-refractivity contribution in [1.29, 1.82) is 0 Å². The van der Waals surface area contributed by atoms with E-state index < -0.39 is 11.5 Å². The van der Waals surface area contributed by atoms with E-state index in [4.69, 9.17) is 0 Å². The normalized spacial score (nSPS) is 16.8. The summed E-state index contributed by atoms with van der Waals surface area (Å²) in [4.78, 5) is 11.3. The van der Waals surface area contributed by atoms with E-state index in [0.29, 0.717) is 5.33 Å². The standard InChI is InChI=1S/C12H15BrO2/c1-9(10(2)14)12(15,8-13)11-6-4-3-5-7-11/h3-7,9,15H,8H2,1-2H3. The van der Waals surface area contributed by atoms with Gasteiger partial charge in [-0.2, -0.15) is 0 Å². The number of halogens is 1. The number of carbonyl (C=O) groups excluding carboxylic acids is 1. The Labute approximate surface area is 98.4 Å². The van der Waals surface area contributed by atoms with Gasteiger partial charge >= 0.3 is 0 Å². The highest BCUT2D eigenvalue weighted by Crippen LogP contribution is 2.32. The van der Waals surface area contributed by atoms with Gasteiger partial charge in [0, 0.05) is 11.2 Å². The van der Waals surface area contributed by atoms with Crippen molar-refractivity contribution in [2.24, 2.45) is 5.92 Å². The molecule has 15 heavy (non-hydrogen) atoms. The van der Waals surface area contributed by atoms with E-state index >= 15 is 0 Å². The summed E-state index contributed by atoms with van der Waals surface area (Å²) in [5.41, 5.74) is -0.350. The van der Waals surface area contributed by atoms with Gasteiger partial charge in [0.1, 0.15) is 11.4 Å². The van der Waals surface area contributed by atoms with Crippen LogP contribution in [-0.4, -0.2) is 16.2 Å². The molecule has 0 heterocycles. The molecule has 0 aliphatic carbocycles. The summed E-state index contributed by atoms with van der Waals surface area (Å²) in [6.07, 6.45) is 0. The molecule has 0 aliphatic heterocycles. The Morgan fingerprint density at radius 3 is 2.40 bits per heavy atom. The van der Waals surface area contributed by atoms with E-state index in [0.717, 1.165) is 5.56 Å². The molecule has 0 amide bonds. The van der Waals surface area contributed by atoms with Crippen LogP contribution < -0.4 is 0 Å². The lowest BCUT2D eigenvalue weighted by molar-refractivity contribution is -0.128. The highest BCUT2D eigenvalue weighted by atomic mass is 79.9. The third-order valence-electron chi connectivity index (χ3n) is 2.80. The zero-order valence-electron chi connectivity index (χ0n) is 8.90. The molecule has 0 saturated carbocycles. The average Bonchev–Trinajstić information content (AvgIpc) is 2.28. The van der Waals surface area contributed by atoms with Gasteiger partial charge in [0.05, 0.1) is 0 Å². The summed E-state index contributed by atoms with van der Waals surface area (Å²) in [5.74, 6) is -0.430. The van der Waals surface area contributed by atoms with Crippen molar-refractivity contribution in [3.8, 4) is 0 Å². The molecule has 1 aromatic rings. The van der Waals surface area contributed by atoms with Crippen LogP contribution in [0.4, 0.5) is 0 Å². The molecule has 0 radical (unpaired) electrons. The Kier molecular flexibility index (Phi) is 4.05. The predicted molar refractivity (Wildman–Crippen MR) is 64.0 cm³/mol. The van der Waals surface area contributed by atoms with Gasteiger partial charge in [-0.3, -0.25) is 4.79 Å². The molecule has 1 rings (SSSR count). The fourth-order valence-electron chi connectivity index (χ4n) is 1.51. The van der Waals surface area contributed by atoms with Gasteiger partial charge in [-0.1, -0.05) is 53.2 Å². The first-order chi connectivity index (χ1) is 7.02. The van der Waals surface area contributed by atoms with E-state index in [1.54, 1.807) is 6.92 Å². The second-order valence-corrected chi connectivity index (χ2v) is 4.32. The summed E-state index contributed by atoms with van der Waals surface area (Å²) in [6.45, 7) is 3.25. The molecule has 0 aliphatic rings. The van der Waals surface area contributed by atoms with Gasteiger partial charge in [0.2, 0.25) is 0 Å². The van der Waals surface area contributed by atoms with Crippen molar-refractivity contribution in [3.05, 3.63) is 35.9 Å². The zero-order chi connectivity index (χ0) is 11.5. The van der Waals surface area contributed by atoms with Crippen molar-refractivity contribution < 1.29 is 9.90 Å². The Morgan fingerprint density at radius 1 is 1.47 bits per heavy atom. The van der Waals surface area contributed by atoms with Crippen LogP contribution in [0.1, 0.15) is 19.4 Å². The predicted octanol–water partition coefficient (Wildman–Crippen LogP) is 2.49. The Hall–Kier alpha value is -0.670. The molecule has 0 saturated heterocycles. The summed E-state index contributed by atoms with van der Waals surface area (Å²) in [5, 5.41) is 10.8. The summed E-state index contributed by atoms with van der Waals surface area (Å²) in [6, 6.07) is 9.27. The van der Waals surface area contributed by atoms with Crippen LogP contribution in [0.15, 0.2) is 30.3 Å². The van der Waals surface area contributed by atoms with E-state index in [1.165, 1.54) is 6.92 Å². The van der Waals surface area contributed by atoms with Gasteiger partial charge < -0.3 is 5.11 Å². The van der Waals surface area contributed by atoms with Gasteiger partial charge in [-0.25, -0.2) is 0 Å². The van der Waals surface area contributed by atoms with E-state index in [2.05, 4.69) is 15.9 Å². The molecule has 0 fully saturated rings. The molecule has 2 unspecified atom stereocenters. The van der Waals surface area contributed by atoms with Crippen molar-refractivity contribution in [1.82, 2.24) is 0 Å². The Morgan fingerprint density at radius 2 is 2.00 bits per heavy atom. The maximum Gasteiger partial charge on any atom is 0.135 e. The van der Waals surface area contributed by atoms with Crippen molar-refractivity contribution >= 4 is 21.7 Å². The molecular formula is C12H15BrO2. The highest BCUT2D eigenvalue weighted by molar-refractivity contribution is 9.09. The maximum atomic E-state index is 11.3. The molecular weight excluding hydrogens is 256 g/mol. The first-order valence-electron chi connectivity index (χ1n) is 4.86. The third-order valence-corrected chi connectivity index (χ3v) is 3.66. The number of carbonyl (C=O) groups is 1. The number of alkyl halides is 1. The molecule has 0 bridgehead atoms. The average molecular weight is 271 g/mol. The molecule has 0 spiro atoms. The van der Waals surface area contributed by atoms with Gasteiger partial charge in [-0.15, -0.1) is 0 Å². The second kappa shape index (κ2) is 4.90. The number of benzene rings is 1. The number of aliphatic hydroxyl groups is 1. The Bertz CT molecular complexity index is 337. The minimum absolute atomic E-state index is 0.0131. The first-order valence-corrected chi connectivity index (χ1v) is 5.99. The summed E-state index contributed by atoms with van der Waals surface area (Å²) < 4.78 is 0. The zero-order valence-corrected chi connectivity index (χ0v) is 10.5. The molecule has 2 atom stereocenters. The number of hydrogen-bond acceptors (Lipinski definition) is 2. The summed E-state index contributed by atoms with van der Waals surface area (Å²) >= 11 is 3.28. The van der Waals surface area contributed by atoms with Crippen LogP contribution in [0, 0.1) is 5.92 Å². The van der Waals surface area contributed by atoms with Crippen molar-refractivity contribution in [2.45, 2.75) is 19.4 Å². The van der Waals surface area contributed by atoms with Crippen LogP contribution in [0.5, 0.6) is 0 Å². The fraction of sp³-hybridized carbons (Fsp3) is 0.417. The van der Waals surface area contributed by atoms with E-state index in [1.807, 2.05) is 30.3 Å². The fourth-order valence-corrected chi connectivity index (χ4v) is 2.32. The van der Waals surface area contributed by atoms with Crippen LogP contribution in [0.3, 0.4) is 0 Å². The number of Topliss-reactive ketones (excluding diaryl/α,β-unsaturated/α-hetero) is 1. The lowest BCUT2D eigenvalue weighted by atomic mass is 9.82. The number of hydrogen-bond donors (Lipinski definition) is 1. The second-order valence-electron chi connectivity index (χ2n) is 3.76. The largest absolute Gasteiger partial charge is 0.384 e. The van der Waals surface area contributed by atoms with Crippen LogP contribution in [-0.2, 0) is 10.4 Å². The maximum absolute atomic E-state index is 11.3. The molecule has 0 aromatic heterocycles. The van der Waals surface area contributed by atoms with Gasteiger partial charge in [-0.05, 0) is 12.5 Å². The van der Waals surface area contributed by atoms with Crippen molar-refractivity contribution in [3.63, 3.8) is 0 Å². The van der Waals surface area contributed by atoms with Crippen LogP contribution >= 0.6 is 15.9 Å². The molecule has 82 valence electrons. The topological polar surface area (TPSA) is 37.3 Å². The van der Waals surface area contributed by atoms with Crippen molar-refractivity contribution in [2.75, 3.05) is 5.33 Å². The summed E-state index contributed by atoms with van der Waals surface area (Å²) in [7, 11) is 0. The van der Waals surface area contributed by atoms with E-state index in [9.17, 15) is 9.90 Å². The molecule has 3 heteroatoms. The SMILES string of the molecule is CC(=O)C(C)C(O)(CBr)c1ccccc1. The quantitative estimate of drug-likeness (QED) is 0.854. The third kappa shape index (κ3) is 2.47. The van der Waals surface area contributed by atoms with Crippen LogP contribution in [0.25, 0.3) is 0 Å². The smallest absolute Gasteiger partial charge is 0.135 e. The highest BCUT2D eigenvalue weighted by Gasteiger charge is 2.37. The first kappa shape index (κ1) is 12.4. The van der Waals surface area contributed by atoms with Gasteiger partial charge in [0.15, 0.2) is 0 Å². The lowest BCUT2D eigenvalue weighted by Crippen LogP contribution is -2.38. The minimum atomic E-state index is -1.12. The number of rotatable bonds is 4. The minimum Gasteiger partial charge on any atom is -0.384 e. The lowest BCUT2D eigenvalue weighted by Gasteiger charge is -2.31. The Balaban J connectivity index is 3.11. The van der Waals surface area contributed by atoms with E-state index in [-0.39, 0.29) is 5.78 Å². The monoisotopic (exact) mass is 270 g/mol. The molecule has 1 N–H and O–H groups in total. The molecule has 2 nitrogen and oxygen atoms in total. The van der Waals surface area contributed by atoms with Crippen LogP contribution in [0.2, 0.25) is 0 Å².